The number of nitrogens with one attached hydrogen (secondary N) is 2. The van der Waals surface area contributed by atoms with Gasteiger partial charge in [-0.2, -0.15) is 0 Å². The minimum absolute atomic E-state index is 0.0239. The molecule has 0 aromatic heterocycles. The van der Waals surface area contributed by atoms with Crippen molar-refractivity contribution in [3.63, 3.8) is 0 Å². The number of methoxy groups -OCH3 is 1. The molecule has 0 radical (unpaired) electrons. The van der Waals surface area contributed by atoms with Crippen LogP contribution in [0.1, 0.15) is 47.8 Å². The van der Waals surface area contributed by atoms with E-state index in [9.17, 15) is 9.59 Å². The lowest BCUT2D eigenvalue weighted by molar-refractivity contribution is -0.121. The van der Waals surface area contributed by atoms with Crippen LogP contribution in [0.3, 0.4) is 0 Å². The third-order valence-corrected chi connectivity index (χ3v) is 4.12. The maximum absolute atomic E-state index is 12.2. The first-order valence-electron chi connectivity index (χ1n) is 8.54. The molecule has 5 heteroatoms. The first kappa shape index (κ1) is 19.5. The zero-order chi connectivity index (χ0) is 19.3. The van der Waals surface area contributed by atoms with Crippen molar-refractivity contribution in [1.29, 1.82) is 0 Å². The van der Waals surface area contributed by atoms with Crippen molar-refractivity contribution < 1.29 is 14.3 Å². The molecule has 26 heavy (non-hydrogen) atoms. The largest absolute Gasteiger partial charge is 0.496 e. The van der Waals surface area contributed by atoms with E-state index in [-0.39, 0.29) is 23.7 Å². The highest BCUT2D eigenvalue weighted by molar-refractivity contribution is 5.95. The van der Waals surface area contributed by atoms with E-state index in [1.807, 2.05) is 37.3 Å². The van der Waals surface area contributed by atoms with E-state index < -0.39 is 0 Å². The van der Waals surface area contributed by atoms with Gasteiger partial charge in [0, 0.05) is 11.1 Å². The van der Waals surface area contributed by atoms with Crippen LogP contribution in [0, 0.1) is 6.92 Å². The van der Waals surface area contributed by atoms with Crippen LogP contribution in [0.2, 0.25) is 0 Å². The highest BCUT2D eigenvalue weighted by atomic mass is 16.5. The number of ether oxygens (including phenoxy) is 1. The van der Waals surface area contributed by atoms with Crippen LogP contribution in [0.5, 0.6) is 5.75 Å². The van der Waals surface area contributed by atoms with Crippen LogP contribution >= 0.6 is 0 Å². The van der Waals surface area contributed by atoms with Gasteiger partial charge in [0.2, 0.25) is 5.91 Å². The van der Waals surface area contributed by atoms with Crippen molar-refractivity contribution in [3.8, 4) is 5.75 Å². The summed E-state index contributed by atoms with van der Waals surface area (Å²) in [6.07, 6.45) is 0.119. The second-order valence-corrected chi connectivity index (χ2v) is 7.32. The fraction of sp³-hybridized carbons (Fsp3) is 0.333. The predicted molar refractivity (Wildman–Crippen MR) is 102 cm³/mol. The molecule has 0 aliphatic rings. The topological polar surface area (TPSA) is 67.4 Å². The Morgan fingerprint density at radius 2 is 1.65 bits per heavy atom. The monoisotopic (exact) mass is 354 g/mol. The average molecular weight is 354 g/mol. The summed E-state index contributed by atoms with van der Waals surface area (Å²) in [7, 11) is 1.56. The summed E-state index contributed by atoms with van der Waals surface area (Å²) < 4.78 is 5.27. The van der Waals surface area contributed by atoms with Crippen molar-refractivity contribution >= 4 is 11.8 Å². The molecular weight excluding hydrogens is 328 g/mol. The number of hydrogen-bond donors (Lipinski definition) is 2. The number of hydrogen-bond acceptors (Lipinski definition) is 3. The first-order chi connectivity index (χ1) is 12.2. The van der Waals surface area contributed by atoms with E-state index in [1.54, 1.807) is 19.2 Å². The molecule has 0 fully saturated rings. The fourth-order valence-corrected chi connectivity index (χ4v) is 2.58. The van der Waals surface area contributed by atoms with Crippen LogP contribution in [0.4, 0.5) is 0 Å². The molecule has 0 atom stereocenters. The molecule has 5 nitrogen and oxygen atoms in total. The molecule has 2 rings (SSSR count). The highest BCUT2D eigenvalue weighted by Gasteiger charge is 2.15. The zero-order valence-electron chi connectivity index (χ0n) is 16.0. The van der Waals surface area contributed by atoms with Crippen molar-refractivity contribution in [2.24, 2.45) is 0 Å². The Hall–Kier alpha value is -2.82. The maximum atomic E-state index is 12.2. The van der Waals surface area contributed by atoms with Gasteiger partial charge in [-0.3, -0.25) is 20.4 Å². The Morgan fingerprint density at radius 1 is 1.00 bits per heavy atom. The summed E-state index contributed by atoms with van der Waals surface area (Å²) in [6, 6.07) is 13.0. The molecule has 0 heterocycles. The van der Waals surface area contributed by atoms with Gasteiger partial charge in [-0.05, 0) is 36.1 Å². The van der Waals surface area contributed by atoms with Crippen molar-refractivity contribution in [3.05, 3.63) is 64.7 Å². The van der Waals surface area contributed by atoms with Gasteiger partial charge in [0.05, 0.1) is 13.5 Å². The van der Waals surface area contributed by atoms with E-state index in [0.29, 0.717) is 11.3 Å². The zero-order valence-corrected chi connectivity index (χ0v) is 16.0. The van der Waals surface area contributed by atoms with Gasteiger partial charge < -0.3 is 4.74 Å². The number of aryl methyl sites for hydroxylation is 1. The number of rotatable bonds is 4. The lowest BCUT2D eigenvalue weighted by Gasteiger charge is -2.19. The molecule has 2 N–H and O–H groups in total. The molecule has 2 aromatic carbocycles. The number of benzene rings is 2. The lowest BCUT2D eigenvalue weighted by atomic mass is 9.87. The van der Waals surface area contributed by atoms with E-state index in [2.05, 4.69) is 31.6 Å². The van der Waals surface area contributed by atoms with Gasteiger partial charge >= 0.3 is 0 Å². The SMILES string of the molecule is COc1ccc(C)cc1CC(=O)NNC(=O)c1ccc(C(C)(C)C)cc1. The van der Waals surface area contributed by atoms with Crippen LogP contribution in [0.25, 0.3) is 0 Å². The van der Waals surface area contributed by atoms with E-state index in [1.165, 1.54) is 0 Å². The Balaban J connectivity index is 1.95. The molecule has 0 saturated carbocycles. The molecule has 0 aliphatic carbocycles. The number of carbonyl (C=O) groups is 2. The minimum atomic E-state index is -0.352. The Labute approximate surface area is 154 Å². The van der Waals surface area contributed by atoms with Crippen LogP contribution in [0.15, 0.2) is 42.5 Å². The summed E-state index contributed by atoms with van der Waals surface area (Å²) >= 11 is 0. The summed E-state index contributed by atoms with van der Waals surface area (Å²) in [5.74, 6) is -0.0153. The first-order valence-corrected chi connectivity index (χ1v) is 8.54. The Kier molecular flexibility index (Phi) is 6.03. The summed E-state index contributed by atoms with van der Waals surface area (Å²) in [6.45, 7) is 8.29. The minimum Gasteiger partial charge on any atom is -0.496 e. The third-order valence-electron chi connectivity index (χ3n) is 4.12. The van der Waals surface area contributed by atoms with Crippen LogP contribution in [-0.4, -0.2) is 18.9 Å². The average Bonchev–Trinajstić information content (AvgIpc) is 2.59. The summed E-state index contributed by atoms with van der Waals surface area (Å²) in [5, 5.41) is 0. The smallest absolute Gasteiger partial charge is 0.269 e. The van der Waals surface area contributed by atoms with Crippen molar-refractivity contribution in [1.82, 2.24) is 10.9 Å². The molecule has 0 spiro atoms. The molecule has 2 aromatic rings. The van der Waals surface area contributed by atoms with Gasteiger partial charge in [0.15, 0.2) is 0 Å². The van der Waals surface area contributed by atoms with Gasteiger partial charge in [-0.1, -0.05) is 50.6 Å². The van der Waals surface area contributed by atoms with E-state index in [4.69, 9.17) is 4.74 Å². The molecular formula is C21H26N2O3. The molecule has 2 amide bonds. The number of carbonyl (C=O) groups excluding carboxylic acids is 2. The van der Waals surface area contributed by atoms with Gasteiger partial charge in [0.25, 0.3) is 5.91 Å². The second-order valence-electron chi connectivity index (χ2n) is 7.32. The van der Waals surface area contributed by atoms with Gasteiger partial charge in [-0.25, -0.2) is 0 Å². The summed E-state index contributed by atoms with van der Waals surface area (Å²) in [5.41, 5.74) is 8.37. The lowest BCUT2D eigenvalue weighted by Crippen LogP contribution is -2.42. The molecule has 138 valence electrons. The third kappa shape index (κ3) is 5.09. The molecule has 0 bridgehead atoms. The van der Waals surface area contributed by atoms with E-state index in [0.717, 1.165) is 16.7 Å². The quantitative estimate of drug-likeness (QED) is 0.828. The van der Waals surface area contributed by atoms with E-state index >= 15 is 0 Å². The molecule has 0 saturated heterocycles. The van der Waals surface area contributed by atoms with Gasteiger partial charge in [-0.15, -0.1) is 0 Å². The van der Waals surface area contributed by atoms with Gasteiger partial charge in [0.1, 0.15) is 5.75 Å². The number of amides is 2. The number of hydrazine groups is 1. The Bertz CT molecular complexity index is 790. The van der Waals surface area contributed by atoms with Crippen molar-refractivity contribution in [2.75, 3.05) is 7.11 Å². The van der Waals surface area contributed by atoms with Crippen LogP contribution < -0.4 is 15.6 Å². The summed E-state index contributed by atoms with van der Waals surface area (Å²) in [4.78, 5) is 24.3. The normalized spacial score (nSPS) is 11.0. The fourth-order valence-electron chi connectivity index (χ4n) is 2.58. The Morgan fingerprint density at radius 3 is 2.23 bits per heavy atom. The second kappa shape index (κ2) is 8.04. The maximum Gasteiger partial charge on any atom is 0.269 e. The highest BCUT2D eigenvalue weighted by Crippen LogP contribution is 2.22. The van der Waals surface area contributed by atoms with Crippen molar-refractivity contribution in [2.45, 2.75) is 39.5 Å². The standard InChI is InChI=1S/C21H26N2O3/c1-14-6-11-18(26-5)16(12-14)13-19(24)22-23-20(25)15-7-9-17(10-8-15)21(2,3)4/h6-12H,13H2,1-5H3,(H,22,24)(H,23,25). The molecule has 0 unspecified atom stereocenters. The molecule has 0 aliphatic heterocycles. The predicted octanol–water partition coefficient (Wildman–Crippen LogP) is 3.30. The van der Waals surface area contributed by atoms with Crippen LogP contribution in [-0.2, 0) is 16.6 Å².